The van der Waals surface area contributed by atoms with E-state index >= 15 is 0 Å². The second kappa shape index (κ2) is 9.20. The number of aliphatic hydroxyl groups is 1. The number of carbonyl (C=O) groups excluding carboxylic acids is 2. The second-order valence-electron chi connectivity index (χ2n) is 7.51. The summed E-state index contributed by atoms with van der Waals surface area (Å²) in [6, 6.07) is 12.4. The molecule has 4 rings (SSSR count). The van der Waals surface area contributed by atoms with E-state index in [2.05, 4.69) is 0 Å². The van der Waals surface area contributed by atoms with Gasteiger partial charge in [0.25, 0.3) is 5.91 Å². The van der Waals surface area contributed by atoms with Crippen LogP contribution in [-0.2, 0) is 11.2 Å². The predicted molar refractivity (Wildman–Crippen MR) is 117 cm³/mol. The number of phenols is 1. The van der Waals surface area contributed by atoms with Crippen LogP contribution in [0.1, 0.15) is 34.6 Å². The molecule has 1 aliphatic rings. The molecule has 1 unspecified atom stereocenters. The maximum Gasteiger partial charge on any atom is 0.290 e. The molecule has 8 heteroatoms. The summed E-state index contributed by atoms with van der Waals surface area (Å²) < 4.78 is 23.9. The van der Waals surface area contributed by atoms with Gasteiger partial charge in [0.2, 0.25) is 5.78 Å². The van der Waals surface area contributed by atoms with Gasteiger partial charge in [-0.2, -0.15) is 0 Å². The van der Waals surface area contributed by atoms with E-state index in [1.165, 1.54) is 47.6 Å². The maximum absolute atomic E-state index is 13.2. The Morgan fingerprint density at radius 3 is 2.58 bits per heavy atom. The van der Waals surface area contributed by atoms with E-state index in [1.54, 1.807) is 25.1 Å². The molecule has 0 fully saturated rings. The number of aromatic hydroxyl groups is 1. The highest BCUT2D eigenvalue weighted by Crippen LogP contribution is 2.41. The molecular formula is C25H22FNO6. The van der Waals surface area contributed by atoms with Gasteiger partial charge in [0.15, 0.2) is 23.0 Å². The lowest BCUT2D eigenvalue weighted by molar-refractivity contribution is -0.129. The van der Waals surface area contributed by atoms with Crippen LogP contribution in [0, 0.1) is 5.82 Å². The molecule has 2 aromatic carbocycles. The summed E-state index contributed by atoms with van der Waals surface area (Å²) in [4.78, 5) is 27.6. The lowest BCUT2D eigenvalue weighted by atomic mass is 9.94. The van der Waals surface area contributed by atoms with E-state index < -0.39 is 23.5 Å². The number of furan rings is 1. The Kier molecular flexibility index (Phi) is 6.17. The number of aliphatic hydroxyl groups excluding tert-OH is 1. The van der Waals surface area contributed by atoms with Crippen molar-refractivity contribution in [3.8, 4) is 11.5 Å². The molecule has 0 spiro atoms. The monoisotopic (exact) mass is 451 g/mol. The van der Waals surface area contributed by atoms with E-state index in [0.29, 0.717) is 18.6 Å². The van der Waals surface area contributed by atoms with Gasteiger partial charge in [-0.15, -0.1) is 0 Å². The molecule has 0 saturated heterocycles. The highest BCUT2D eigenvalue weighted by Gasteiger charge is 2.44. The topological polar surface area (TPSA) is 100 Å². The van der Waals surface area contributed by atoms with E-state index in [4.69, 9.17) is 9.15 Å². The van der Waals surface area contributed by atoms with Crippen LogP contribution in [0.3, 0.4) is 0 Å². The summed E-state index contributed by atoms with van der Waals surface area (Å²) in [6.07, 6.45) is 1.70. The molecule has 2 heterocycles. The molecule has 1 aliphatic heterocycles. The van der Waals surface area contributed by atoms with Crippen LogP contribution in [0.4, 0.5) is 4.39 Å². The first-order valence-corrected chi connectivity index (χ1v) is 10.4. The zero-order valence-corrected chi connectivity index (χ0v) is 17.8. The highest BCUT2D eigenvalue weighted by atomic mass is 19.1. The SMILES string of the molecule is CCOc1cc(C2C(C(=O)c3ccco3)=C(O)C(=O)N2CCc2ccc(F)cc2)ccc1O. The van der Waals surface area contributed by atoms with Gasteiger partial charge in [0.05, 0.1) is 24.5 Å². The molecule has 33 heavy (non-hydrogen) atoms. The van der Waals surface area contributed by atoms with Crippen LogP contribution in [-0.4, -0.2) is 40.0 Å². The number of Topliss-reactive ketones (excluding diaryl/α,β-unsaturated/α-hetero) is 1. The number of rotatable bonds is 8. The minimum Gasteiger partial charge on any atom is -0.504 e. The summed E-state index contributed by atoms with van der Waals surface area (Å²) in [7, 11) is 0. The molecule has 1 aromatic heterocycles. The van der Waals surface area contributed by atoms with Crippen molar-refractivity contribution in [2.75, 3.05) is 13.2 Å². The average molecular weight is 451 g/mol. The zero-order valence-electron chi connectivity index (χ0n) is 17.8. The van der Waals surface area contributed by atoms with Crippen LogP contribution in [0.15, 0.2) is 76.6 Å². The fraction of sp³-hybridized carbons (Fsp3) is 0.200. The first-order valence-electron chi connectivity index (χ1n) is 10.4. The standard InChI is InChI=1S/C25H22FNO6/c1-2-32-20-14-16(7-10-18(20)28)22-21(23(29)19-4-3-13-33-19)24(30)25(31)27(22)12-11-15-5-8-17(26)9-6-15/h3-10,13-14,22,28,30H,2,11-12H2,1H3. The number of ether oxygens (including phenoxy) is 1. The number of hydrogen-bond acceptors (Lipinski definition) is 6. The number of amides is 1. The summed E-state index contributed by atoms with van der Waals surface area (Å²) in [5.41, 5.74) is 1.14. The number of phenolic OH excluding ortho intramolecular Hbond substituents is 1. The molecular weight excluding hydrogens is 429 g/mol. The molecule has 0 saturated carbocycles. The van der Waals surface area contributed by atoms with Crippen LogP contribution in [0.25, 0.3) is 0 Å². The van der Waals surface area contributed by atoms with Crippen molar-refractivity contribution >= 4 is 11.7 Å². The third kappa shape index (κ3) is 4.32. The van der Waals surface area contributed by atoms with Crippen molar-refractivity contribution in [2.45, 2.75) is 19.4 Å². The predicted octanol–water partition coefficient (Wildman–Crippen LogP) is 4.34. The summed E-state index contributed by atoms with van der Waals surface area (Å²) >= 11 is 0. The second-order valence-corrected chi connectivity index (χ2v) is 7.51. The van der Waals surface area contributed by atoms with Gasteiger partial charge < -0.3 is 24.3 Å². The lowest BCUT2D eigenvalue weighted by Gasteiger charge is -2.27. The molecule has 0 bridgehead atoms. The number of benzene rings is 2. The Bertz CT molecular complexity index is 1200. The number of carbonyl (C=O) groups is 2. The Morgan fingerprint density at radius 2 is 1.91 bits per heavy atom. The van der Waals surface area contributed by atoms with Crippen LogP contribution >= 0.6 is 0 Å². The quantitative estimate of drug-likeness (QED) is 0.494. The average Bonchev–Trinajstić information content (AvgIpc) is 3.43. The number of nitrogens with zero attached hydrogens (tertiary/aromatic N) is 1. The molecule has 2 N–H and O–H groups in total. The zero-order chi connectivity index (χ0) is 23.5. The van der Waals surface area contributed by atoms with Crippen molar-refractivity contribution in [1.29, 1.82) is 0 Å². The largest absolute Gasteiger partial charge is 0.504 e. The van der Waals surface area contributed by atoms with Crippen molar-refractivity contribution < 1.29 is 33.3 Å². The fourth-order valence-electron chi connectivity index (χ4n) is 3.88. The molecule has 3 aromatic rings. The molecule has 0 radical (unpaired) electrons. The third-order valence-electron chi connectivity index (χ3n) is 5.45. The van der Waals surface area contributed by atoms with Crippen molar-refractivity contribution in [3.63, 3.8) is 0 Å². The highest BCUT2D eigenvalue weighted by molar-refractivity contribution is 6.15. The molecule has 7 nitrogen and oxygen atoms in total. The Labute approximate surface area is 189 Å². The Hall–Kier alpha value is -4.07. The first-order chi connectivity index (χ1) is 15.9. The first kappa shape index (κ1) is 22.1. The molecule has 0 aliphatic carbocycles. The minimum atomic E-state index is -0.935. The summed E-state index contributed by atoms with van der Waals surface area (Å²) in [5.74, 6) is -2.27. The Morgan fingerprint density at radius 1 is 1.15 bits per heavy atom. The van der Waals surface area contributed by atoms with E-state index in [0.717, 1.165) is 5.56 Å². The van der Waals surface area contributed by atoms with Gasteiger partial charge in [-0.1, -0.05) is 18.2 Å². The van der Waals surface area contributed by atoms with E-state index in [9.17, 15) is 24.2 Å². The van der Waals surface area contributed by atoms with Crippen molar-refractivity contribution in [2.24, 2.45) is 0 Å². The fourth-order valence-corrected chi connectivity index (χ4v) is 3.88. The molecule has 1 atom stereocenters. The van der Waals surface area contributed by atoms with Crippen LogP contribution < -0.4 is 4.74 Å². The number of hydrogen-bond donors (Lipinski definition) is 2. The third-order valence-corrected chi connectivity index (χ3v) is 5.45. The number of ketones is 1. The van der Waals surface area contributed by atoms with E-state index in [1.807, 2.05) is 0 Å². The van der Waals surface area contributed by atoms with Gasteiger partial charge in [-0.05, 0) is 60.9 Å². The molecule has 1 amide bonds. The van der Waals surface area contributed by atoms with Crippen molar-refractivity contribution in [3.05, 3.63) is 94.9 Å². The maximum atomic E-state index is 13.2. The van der Waals surface area contributed by atoms with Gasteiger partial charge in [-0.25, -0.2) is 4.39 Å². The van der Waals surface area contributed by atoms with Gasteiger partial charge in [0.1, 0.15) is 5.82 Å². The van der Waals surface area contributed by atoms with E-state index in [-0.39, 0.29) is 35.2 Å². The Balaban J connectivity index is 1.74. The van der Waals surface area contributed by atoms with Crippen molar-refractivity contribution in [1.82, 2.24) is 4.90 Å². The minimum absolute atomic E-state index is 0.0152. The summed E-state index contributed by atoms with van der Waals surface area (Å²) in [6.45, 7) is 2.21. The lowest BCUT2D eigenvalue weighted by Crippen LogP contribution is -2.33. The van der Waals surface area contributed by atoms with Crippen LogP contribution in [0.5, 0.6) is 11.5 Å². The van der Waals surface area contributed by atoms with Gasteiger partial charge in [0, 0.05) is 6.54 Å². The number of halogens is 1. The van der Waals surface area contributed by atoms with Gasteiger partial charge >= 0.3 is 0 Å². The van der Waals surface area contributed by atoms with Crippen LogP contribution in [0.2, 0.25) is 0 Å². The van der Waals surface area contributed by atoms with Gasteiger partial charge in [-0.3, -0.25) is 9.59 Å². The molecule has 170 valence electrons. The normalized spacial score (nSPS) is 15.9. The smallest absolute Gasteiger partial charge is 0.290 e. The summed E-state index contributed by atoms with van der Waals surface area (Å²) in [5, 5.41) is 20.8.